The maximum atomic E-state index is 13.3. The molecule has 9 nitrogen and oxygen atoms in total. The van der Waals surface area contributed by atoms with E-state index >= 15 is 0 Å². The van der Waals surface area contributed by atoms with E-state index < -0.39 is 16.7 Å². The summed E-state index contributed by atoms with van der Waals surface area (Å²) in [5, 5.41) is 19.5. The molecule has 1 fully saturated rings. The topological polar surface area (TPSA) is 122 Å². The lowest BCUT2D eigenvalue weighted by Crippen LogP contribution is -2.54. The zero-order chi connectivity index (χ0) is 30.0. The predicted octanol–water partition coefficient (Wildman–Crippen LogP) is 6.27. The summed E-state index contributed by atoms with van der Waals surface area (Å²) in [7, 11) is 0. The van der Waals surface area contributed by atoms with Crippen LogP contribution < -0.4 is 15.5 Å². The van der Waals surface area contributed by atoms with Crippen molar-refractivity contribution in [3.63, 3.8) is 0 Å². The van der Waals surface area contributed by atoms with Crippen molar-refractivity contribution in [2.24, 2.45) is 0 Å². The summed E-state index contributed by atoms with van der Waals surface area (Å²) in [6.45, 7) is 1.81. The first-order chi connectivity index (χ1) is 20.1. The van der Waals surface area contributed by atoms with Crippen molar-refractivity contribution in [2.75, 3.05) is 16.0 Å². The molecule has 0 aromatic heterocycles. The largest absolute Gasteiger partial charge is 0.325 e. The Labute approximate surface area is 254 Å². The number of nitrogens with one attached hydrogen (secondary N) is 2. The van der Waals surface area contributed by atoms with E-state index in [0.717, 1.165) is 33.0 Å². The summed E-state index contributed by atoms with van der Waals surface area (Å²) >= 11 is 12.4. The van der Waals surface area contributed by atoms with Crippen molar-refractivity contribution in [1.29, 1.82) is 0 Å². The standard InChI is InChI=1S/C30H21ClN4O5S2/c1-17-6-10-22(15-24(17)31)34-29(38)23(28(37)33-30(34)41)12-18-7-11-26(25(13-18)35(39)40)42-16-27(36)32-21-9-8-19-4-2-3-5-20(19)14-21/h2-15H,16H2,1H3,(H,32,36)(H,33,37,41)/b23-12+. The number of thiocarbonyl (C=S) groups is 1. The number of amides is 3. The molecule has 0 saturated carbocycles. The van der Waals surface area contributed by atoms with Crippen molar-refractivity contribution in [1.82, 2.24) is 5.32 Å². The minimum absolute atomic E-state index is 0.0689. The van der Waals surface area contributed by atoms with Gasteiger partial charge in [0.1, 0.15) is 5.57 Å². The Bertz CT molecular complexity index is 1840. The molecule has 1 saturated heterocycles. The molecular weight excluding hydrogens is 596 g/mol. The van der Waals surface area contributed by atoms with E-state index in [0.29, 0.717) is 16.4 Å². The SMILES string of the molecule is Cc1ccc(N2C(=O)/C(=C/c3ccc(SCC(=O)Nc4ccc5ccccc5c4)c([N+](=O)[O-])c3)C(=O)NC2=S)cc1Cl. The van der Waals surface area contributed by atoms with Crippen molar-refractivity contribution in [3.8, 4) is 0 Å². The second-order valence-electron chi connectivity index (χ2n) is 9.27. The van der Waals surface area contributed by atoms with Crippen LogP contribution >= 0.6 is 35.6 Å². The third-order valence-corrected chi connectivity index (χ3v) is 8.15. The number of fused-ring (bicyclic) bond motifs is 1. The van der Waals surface area contributed by atoms with Crippen LogP contribution in [0.5, 0.6) is 0 Å². The Balaban J connectivity index is 1.34. The molecule has 12 heteroatoms. The van der Waals surface area contributed by atoms with E-state index in [1.165, 1.54) is 24.3 Å². The Hall–Kier alpha value is -4.58. The summed E-state index contributed by atoms with van der Waals surface area (Å²) in [6, 6.07) is 22.5. The summed E-state index contributed by atoms with van der Waals surface area (Å²) < 4.78 is 0. The van der Waals surface area contributed by atoms with Gasteiger partial charge in [-0.1, -0.05) is 54.1 Å². The molecule has 0 atom stereocenters. The monoisotopic (exact) mass is 616 g/mol. The van der Waals surface area contributed by atoms with Crippen molar-refractivity contribution in [3.05, 3.63) is 111 Å². The van der Waals surface area contributed by atoms with Crippen molar-refractivity contribution in [2.45, 2.75) is 11.8 Å². The quantitative estimate of drug-likeness (QED) is 0.0626. The molecule has 0 spiro atoms. The molecule has 1 heterocycles. The number of thioether (sulfide) groups is 1. The number of rotatable bonds is 7. The number of nitro benzene ring substituents is 1. The smallest absolute Gasteiger partial charge is 0.283 e. The lowest BCUT2D eigenvalue weighted by atomic mass is 10.1. The fourth-order valence-electron chi connectivity index (χ4n) is 4.28. The minimum Gasteiger partial charge on any atom is -0.325 e. The third kappa shape index (κ3) is 6.18. The Morgan fingerprint density at radius 1 is 1.07 bits per heavy atom. The molecule has 42 heavy (non-hydrogen) atoms. The number of aryl methyl sites for hydroxylation is 1. The van der Waals surface area contributed by atoms with Crippen LogP contribution in [0, 0.1) is 17.0 Å². The first-order valence-electron chi connectivity index (χ1n) is 12.5. The Morgan fingerprint density at radius 2 is 1.83 bits per heavy atom. The van der Waals surface area contributed by atoms with E-state index in [1.807, 2.05) is 43.3 Å². The number of halogens is 1. The second kappa shape index (κ2) is 12.1. The van der Waals surface area contributed by atoms with Crippen LogP contribution in [-0.4, -0.2) is 33.5 Å². The number of hydrogen-bond donors (Lipinski definition) is 2. The molecule has 0 unspecified atom stereocenters. The molecular formula is C30H21ClN4O5S2. The van der Waals surface area contributed by atoms with Gasteiger partial charge in [0.25, 0.3) is 17.5 Å². The molecule has 1 aliphatic rings. The number of anilines is 2. The van der Waals surface area contributed by atoms with Gasteiger partial charge in [0.05, 0.1) is 21.3 Å². The lowest BCUT2D eigenvalue weighted by molar-refractivity contribution is -0.387. The average molecular weight is 617 g/mol. The van der Waals surface area contributed by atoms with Crippen LogP contribution in [0.25, 0.3) is 16.8 Å². The van der Waals surface area contributed by atoms with Gasteiger partial charge >= 0.3 is 0 Å². The summed E-state index contributed by atoms with van der Waals surface area (Å²) in [5.41, 5.74) is 1.50. The fraction of sp³-hybridized carbons (Fsp3) is 0.0667. The van der Waals surface area contributed by atoms with Crippen molar-refractivity contribution < 1.29 is 19.3 Å². The highest BCUT2D eigenvalue weighted by Crippen LogP contribution is 2.32. The number of nitro groups is 1. The van der Waals surface area contributed by atoms with E-state index in [9.17, 15) is 24.5 Å². The molecule has 0 radical (unpaired) electrons. The van der Waals surface area contributed by atoms with Crippen molar-refractivity contribution >= 4 is 92.3 Å². The van der Waals surface area contributed by atoms with E-state index in [4.69, 9.17) is 23.8 Å². The van der Waals surface area contributed by atoms with Gasteiger partial charge < -0.3 is 5.32 Å². The lowest BCUT2D eigenvalue weighted by Gasteiger charge is -2.29. The maximum Gasteiger partial charge on any atom is 0.283 e. The molecule has 5 rings (SSSR count). The van der Waals surface area contributed by atoms with Gasteiger partial charge in [-0.15, -0.1) is 11.8 Å². The molecule has 4 aromatic carbocycles. The normalized spacial score (nSPS) is 14.3. The minimum atomic E-state index is -0.731. The molecule has 2 N–H and O–H groups in total. The van der Waals surface area contributed by atoms with Gasteiger partial charge in [-0.3, -0.25) is 34.7 Å². The van der Waals surface area contributed by atoms with Gasteiger partial charge in [-0.05, 0) is 77.4 Å². The van der Waals surface area contributed by atoms with Crippen LogP contribution in [0.2, 0.25) is 5.02 Å². The molecule has 1 aliphatic heterocycles. The molecule has 4 aromatic rings. The van der Waals surface area contributed by atoms with Crippen LogP contribution in [0.15, 0.2) is 89.3 Å². The fourth-order valence-corrected chi connectivity index (χ4v) is 5.54. The van der Waals surface area contributed by atoms with Crippen LogP contribution in [0.4, 0.5) is 17.1 Å². The van der Waals surface area contributed by atoms with Gasteiger partial charge in [0, 0.05) is 16.8 Å². The van der Waals surface area contributed by atoms with E-state index in [1.54, 1.807) is 24.3 Å². The number of hydrogen-bond acceptors (Lipinski definition) is 7. The first-order valence-corrected chi connectivity index (χ1v) is 14.3. The zero-order valence-electron chi connectivity index (χ0n) is 21.9. The predicted molar refractivity (Wildman–Crippen MR) is 169 cm³/mol. The molecule has 0 aliphatic carbocycles. The van der Waals surface area contributed by atoms with Crippen LogP contribution in [-0.2, 0) is 14.4 Å². The van der Waals surface area contributed by atoms with E-state index in [-0.39, 0.29) is 38.5 Å². The zero-order valence-corrected chi connectivity index (χ0v) is 24.3. The molecule has 3 amide bonds. The van der Waals surface area contributed by atoms with Gasteiger partial charge in [-0.2, -0.15) is 0 Å². The number of benzene rings is 4. The van der Waals surface area contributed by atoms with Gasteiger partial charge in [0.15, 0.2) is 5.11 Å². The highest BCUT2D eigenvalue weighted by molar-refractivity contribution is 8.00. The van der Waals surface area contributed by atoms with Gasteiger partial charge in [0.2, 0.25) is 5.91 Å². The summed E-state index contributed by atoms with van der Waals surface area (Å²) in [4.78, 5) is 51.3. The third-order valence-electron chi connectivity index (χ3n) is 6.40. The second-order valence-corrected chi connectivity index (χ2v) is 11.1. The summed E-state index contributed by atoms with van der Waals surface area (Å²) in [6.07, 6.45) is 1.26. The Kier molecular flexibility index (Phi) is 8.34. The van der Waals surface area contributed by atoms with E-state index in [2.05, 4.69) is 10.6 Å². The first kappa shape index (κ1) is 28.9. The number of carbonyl (C=O) groups is 3. The van der Waals surface area contributed by atoms with Gasteiger partial charge in [-0.25, -0.2) is 0 Å². The maximum absolute atomic E-state index is 13.3. The summed E-state index contributed by atoms with van der Waals surface area (Å²) in [5.74, 6) is -1.82. The van der Waals surface area contributed by atoms with Crippen LogP contribution in [0.3, 0.4) is 0 Å². The molecule has 210 valence electrons. The highest BCUT2D eigenvalue weighted by atomic mass is 35.5. The highest BCUT2D eigenvalue weighted by Gasteiger charge is 2.34. The Morgan fingerprint density at radius 3 is 2.57 bits per heavy atom. The molecule has 0 bridgehead atoms. The number of nitrogens with zero attached hydrogens (tertiary/aromatic N) is 2. The van der Waals surface area contributed by atoms with Crippen LogP contribution in [0.1, 0.15) is 11.1 Å². The number of carbonyl (C=O) groups excluding carboxylic acids is 3. The average Bonchev–Trinajstić information content (AvgIpc) is 2.96.